The number of hydrogen-bond acceptors (Lipinski definition) is 2. The van der Waals surface area contributed by atoms with Gasteiger partial charge in [-0.25, -0.2) is 4.98 Å². The van der Waals surface area contributed by atoms with Gasteiger partial charge < -0.3 is 9.67 Å². The summed E-state index contributed by atoms with van der Waals surface area (Å²) in [6.45, 7) is 2.80. The molecule has 1 aromatic carbocycles. The Morgan fingerprint density at radius 1 is 1.33 bits per heavy atom. The minimum absolute atomic E-state index is 0.489. The van der Waals surface area contributed by atoms with Crippen LogP contribution in [0.15, 0.2) is 30.7 Å². The lowest BCUT2D eigenvalue weighted by atomic mass is 10.1. The lowest BCUT2D eigenvalue weighted by Crippen LogP contribution is -2.08. The van der Waals surface area contributed by atoms with Crippen LogP contribution in [0.25, 0.3) is 0 Å². The summed E-state index contributed by atoms with van der Waals surface area (Å²) in [5, 5.41) is 11.2. The van der Waals surface area contributed by atoms with Gasteiger partial charge in [-0.2, -0.15) is 0 Å². The van der Waals surface area contributed by atoms with E-state index in [2.05, 4.69) is 4.98 Å². The number of nitrogens with zero attached hydrogens (tertiary/aromatic N) is 2. The van der Waals surface area contributed by atoms with Crippen molar-refractivity contribution in [3.05, 3.63) is 52.0 Å². The maximum atomic E-state index is 10.2. The number of hydrogen-bond donors (Lipinski definition) is 1. The molecule has 0 aliphatic carbocycles. The molecule has 0 fully saturated rings. The van der Waals surface area contributed by atoms with Crippen molar-refractivity contribution in [2.75, 3.05) is 0 Å². The first kappa shape index (κ1) is 13.4. The fraction of sp³-hybridized carbons (Fsp3) is 0.308. The summed E-state index contributed by atoms with van der Waals surface area (Å²) < 4.78 is 1.92. The second-order valence-electron chi connectivity index (χ2n) is 4.07. The summed E-state index contributed by atoms with van der Waals surface area (Å²) in [5.41, 5.74) is 1.75. The van der Waals surface area contributed by atoms with Gasteiger partial charge in [0.2, 0.25) is 0 Å². The van der Waals surface area contributed by atoms with E-state index in [1.54, 1.807) is 24.7 Å². The maximum Gasteiger partial charge on any atom is 0.0995 e. The number of halogens is 2. The Hall–Kier alpha value is -1.03. The molecular formula is C13H14Cl2N2O. The SMILES string of the molecule is CCn1cncc1C(O)Cc1ccc(Cl)c(Cl)c1. The van der Waals surface area contributed by atoms with Crippen molar-refractivity contribution in [1.82, 2.24) is 9.55 Å². The molecule has 0 saturated heterocycles. The second-order valence-corrected chi connectivity index (χ2v) is 4.89. The van der Waals surface area contributed by atoms with Gasteiger partial charge >= 0.3 is 0 Å². The molecule has 1 atom stereocenters. The van der Waals surface area contributed by atoms with E-state index in [4.69, 9.17) is 23.2 Å². The highest BCUT2D eigenvalue weighted by molar-refractivity contribution is 6.42. The molecule has 2 aromatic rings. The molecule has 1 heterocycles. The largest absolute Gasteiger partial charge is 0.386 e. The minimum atomic E-state index is -0.593. The Morgan fingerprint density at radius 3 is 2.78 bits per heavy atom. The van der Waals surface area contributed by atoms with Gasteiger partial charge in [-0.3, -0.25) is 0 Å². The van der Waals surface area contributed by atoms with Gasteiger partial charge in [0.25, 0.3) is 0 Å². The van der Waals surface area contributed by atoms with Crippen LogP contribution in [0.4, 0.5) is 0 Å². The van der Waals surface area contributed by atoms with Crippen LogP contribution in [0.2, 0.25) is 10.0 Å². The first-order valence-electron chi connectivity index (χ1n) is 5.73. The number of benzene rings is 1. The lowest BCUT2D eigenvalue weighted by molar-refractivity contribution is 0.169. The summed E-state index contributed by atoms with van der Waals surface area (Å²) in [6, 6.07) is 5.38. The van der Waals surface area contributed by atoms with Crippen LogP contribution >= 0.6 is 23.2 Å². The number of aromatic nitrogens is 2. The molecule has 5 heteroatoms. The van der Waals surface area contributed by atoms with Crippen molar-refractivity contribution in [3.8, 4) is 0 Å². The van der Waals surface area contributed by atoms with E-state index in [-0.39, 0.29) is 0 Å². The van der Waals surface area contributed by atoms with Crippen molar-refractivity contribution in [3.63, 3.8) is 0 Å². The van der Waals surface area contributed by atoms with Crippen molar-refractivity contribution < 1.29 is 5.11 Å². The Balaban J connectivity index is 2.16. The lowest BCUT2D eigenvalue weighted by Gasteiger charge is -2.13. The van der Waals surface area contributed by atoms with Gasteiger partial charge in [0, 0.05) is 13.0 Å². The number of aryl methyl sites for hydroxylation is 1. The van der Waals surface area contributed by atoms with E-state index in [0.29, 0.717) is 16.5 Å². The molecule has 1 unspecified atom stereocenters. The van der Waals surface area contributed by atoms with Gasteiger partial charge in [-0.15, -0.1) is 0 Å². The average Bonchev–Trinajstić information content (AvgIpc) is 2.82. The molecule has 96 valence electrons. The molecule has 18 heavy (non-hydrogen) atoms. The van der Waals surface area contributed by atoms with Gasteiger partial charge in [0.15, 0.2) is 0 Å². The fourth-order valence-corrected chi connectivity index (χ4v) is 2.19. The summed E-state index contributed by atoms with van der Waals surface area (Å²) in [4.78, 5) is 4.04. The smallest absolute Gasteiger partial charge is 0.0995 e. The van der Waals surface area contributed by atoms with E-state index < -0.39 is 6.10 Å². The predicted molar refractivity (Wildman–Crippen MR) is 73.0 cm³/mol. The number of rotatable bonds is 4. The van der Waals surface area contributed by atoms with E-state index in [9.17, 15) is 5.11 Å². The monoisotopic (exact) mass is 284 g/mol. The Labute approximate surface area is 116 Å². The van der Waals surface area contributed by atoms with Crippen molar-refractivity contribution >= 4 is 23.2 Å². The zero-order valence-electron chi connectivity index (χ0n) is 9.98. The predicted octanol–water partition coefficient (Wildman–Crippen LogP) is 3.49. The van der Waals surface area contributed by atoms with Crippen LogP contribution in [-0.4, -0.2) is 14.7 Å². The van der Waals surface area contributed by atoms with E-state index in [1.807, 2.05) is 17.6 Å². The van der Waals surface area contributed by atoms with Gasteiger partial charge in [0.1, 0.15) is 0 Å². The number of aliphatic hydroxyl groups is 1. The normalized spacial score (nSPS) is 12.7. The van der Waals surface area contributed by atoms with Gasteiger partial charge in [0.05, 0.1) is 34.4 Å². The molecule has 3 nitrogen and oxygen atoms in total. The Morgan fingerprint density at radius 2 is 2.11 bits per heavy atom. The highest BCUT2D eigenvalue weighted by Gasteiger charge is 2.13. The molecule has 1 N–H and O–H groups in total. The number of imidazole rings is 1. The third-order valence-electron chi connectivity index (χ3n) is 2.84. The summed E-state index contributed by atoms with van der Waals surface area (Å²) in [7, 11) is 0. The molecule has 0 aliphatic rings. The molecule has 0 radical (unpaired) electrons. The summed E-state index contributed by atoms with van der Waals surface area (Å²) in [6.07, 6.45) is 3.30. The minimum Gasteiger partial charge on any atom is -0.386 e. The fourth-order valence-electron chi connectivity index (χ4n) is 1.87. The van der Waals surface area contributed by atoms with Crippen molar-refractivity contribution in [2.24, 2.45) is 0 Å². The van der Waals surface area contributed by atoms with E-state index >= 15 is 0 Å². The van der Waals surface area contributed by atoms with Gasteiger partial charge in [-0.1, -0.05) is 29.3 Å². The van der Waals surface area contributed by atoms with E-state index in [1.165, 1.54) is 0 Å². The molecule has 0 aliphatic heterocycles. The van der Waals surface area contributed by atoms with Crippen LogP contribution in [0, 0.1) is 0 Å². The first-order valence-corrected chi connectivity index (χ1v) is 6.49. The molecule has 0 amide bonds. The Kier molecular flexibility index (Phi) is 4.27. The molecule has 0 spiro atoms. The van der Waals surface area contributed by atoms with Crippen LogP contribution in [0.1, 0.15) is 24.3 Å². The third kappa shape index (κ3) is 2.86. The number of aliphatic hydroxyl groups excluding tert-OH is 1. The standard InChI is InChI=1S/C13H14Cl2N2O/c1-2-17-8-16-7-12(17)13(18)6-9-3-4-10(14)11(15)5-9/h3-5,7-8,13,18H,2,6H2,1H3. The van der Waals surface area contributed by atoms with Crippen molar-refractivity contribution in [1.29, 1.82) is 0 Å². The van der Waals surface area contributed by atoms with Crippen LogP contribution in [0.5, 0.6) is 0 Å². The zero-order chi connectivity index (χ0) is 13.1. The molecular weight excluding hydrogens is 271 g/mol. The molecule has 1 aromatic heterocycles. The van der Waals surface area contributed by atoms with Gasteiger partial charge in [-0.05, 0) is 24.6 Å². The highest BCUT2D eigenvalue weighted by atomic mass is 35.5. The average molecular weight is 285 g/mol. The van der Waals surface area contributed by atoms with Crippen LogP contribution in [0.3, 0.4) is 0 Å². The summed E-state index contributed by atoms with van der Waals surface area (Å²) >= 11 is 11.8. The van der Waals surface area contributed by atoms with Crippen LogP contribution in [-0.2, 0) is 13.0 Å². The quantitative estimate of drug-likeness (QED) is 0.933. The topological polar surface area (TPSA) is 38.0 Å². The molecule has 2 rings (SSSR count). The third-order valence-corrected chi connectivity index (χ3v) is 3.58. The first-order chi connectivity index (χ1) is 8.61. The van der Waals surface area contributed by atoms with E-state index in [0.717, 1.165) is 17.8 Å². The second kappa shape index (κ2) is 5.74. The Bertz CT molecular complexity index is 540. The zero-order valence-corrected chi connectivity index (χ0v) is 11.5. The molecule has 0 saturated carbocycles. The summed E-state index contributed by atoms with van der Waals surface area (Å²) in [5.74, 6) is 0. The maximum absolute atomic E-state index is 10.2. The van der Waals surface area contributed by atoms with Crippen molar-refractivity contribution in [2.45, 2.75) is 26.0 Å². The highest BCUT2D eigenvalue weighted by Crippen LogP contribution is 2.25. The molecule has 0 bridgehead atoms. The van der Waals surface area contributed by atoms with Crippen LogP contribution < -0.4 is 0 Å².